The van der Waals surface area contributed by atoms with Crippen molar-refractivity contribution in [3.05, 3.63) is 0 Å². The molecule has 0 heterocycles. The number of carbonyl (C=O) groups is 1. The van der Waals surface area contributed by atoms with E-state index in [9.17, 15) is 4.79 Å². The number of rotatable bonds is 4. The van der Waals surface area contributed by atoms with Gasteiger partial charge in [0.25, 0.3) is 0 Å². The van der Waals surface area contributed by atoms with Crippen LogP contribution in [0.25, 0.3) is 0 Å². The summed E-state index contributed by atoms with van der Waals surface area (Å²) >= 11 is 0. The van der Waals surface area contributed by atoms with Gasteiger partial charge in [0.15, 0.2) is 5.78 Å². The second-order valence-corrected chi connectivity index (χ2v) is 1.54. The fourth-order valence-corrected chi connectivity index (χ4v) is 0.299. The van der Waals surface area contributed by atoms with Gasteiger partial charge in [-0.1, -0.05) is 0 Å². The lowest BCUT2D eigenvalue weighted by Gasteiger charge is -1.95. The third-order valence-electron chi connectivity index (χ3n) is 0.568. The Morgan fingerprint density at radius 3 is 2.75 bits per heavy atom. The fourth-order valence-electron chi connectivity index (χ4n) is 0.299. The van der Waals surface area contributed by atoms with Crippen LogP contribution in [0.3, 0.4) is 0 Å². The number of Topliss-reactive ketones (excluding diaryl/α,β-unsaturated/α-hetero) is 1. The third kappa shape index (κ3) is 5.59. The average molecular weight is 117 g/mol. The first kappa shape index (κ1) is 7.59. The summed E-state index contributed by atoms with van der Waals surface area (Å²) in [6, 6.07) is 0. The summed E-state index contributed by atoms with van der Waals surface area (Å²) < 4.78 is 4.77. The molecule has 3 nitrogen and oxygen atoms in total. The summed E-state index contributed by atoms with van der Waals surface area (Å²) in [5.74, 6) is 0.0402. The number of hydrogen-bond acceptors (Lipinski definition) is 3. The zero-order valence-electron chi connectivity index (χ0n) is 5.02. The first-order chi connectivity index (χ1) is 3.77. The first-order valence-electron chi connectivity index (χ1n) is 2.54. The van der Waals surface area contributed by atoms with Crippen molar-refractivity contribution >= 4 is 5.78 Å². The van der Waals surface area contributed by atoms with E-state index in [1.807, 2.05) is 0 Å². The monoisotopic (exact) mass is 117 g/mol. The average Bonchev–Trinajstić information content (AvgIpc) is 1.66. The standard InChI is InChI=1S/C5H11NO2/c1-5(7)4-8-3-2-6/h2-4,6H2,1H3. The lowest BCUT2D eigenvalue weighted by Crippen LogP contribution is -2.12. The molecule has 0 aromatic heterocycles. The molecular weight excluding hydrogens is 106 g/mol. The van der Waals surface area contributed by atoms with Crippen LogP contribution in [0.4, 0.5) is 0 Å². The Balaban J connectivity index is 2.82. The zero-order valence-corrected chi connectivity index (χ0v) is 5.02. The molecule has 0 rings (SSSR count). The minimum Gasteiger partial charge on any atom is -0.372 e. The molecule has 0 saturated carbocycles. The van der Waals surface area contributed by atoms with Gasteiger partial charge in [-0.2, -0.15) is 0 Å². The minimum absolute atomic E-state index is 0.0402. The Morgan fingerprint density at radius 1 is 1.75 bits per heavy atom. The molecule has 0 aromatic carbocycles. The lowest BCUT2D eigenvalue weighted by atomic mass is 10.5. The normalized spacial score (nSPS) is 9.25. The molecule has 48 valence electrons. The Kier molecular flexibility index (Phi) is 4.50. The van der Waals surface area contributed by atoms with E-state index in [1.54, 1.807) is 0 Å². The van der Waals surface area contributed by atoms with Gasteiger partial charge in [0.1, 0.15) is 6.61 Å². The van der Waals surface area contributed by atoms with Crippen molar-refractivity contribution in [2.75, 3.05) is 19.8 Å². The molecule has 0 aromatic rings. The van der Waals surface area contributed by atoms with E-state index < -0.39 is 0 Å². The number of ketones is 1. The van der Waals surface area contributed by atoms with E-state index in [2.05, 4.69) is 0 Å². The van der Waals surface area contributed by atoms with Gasteiger partial charge in [0.2, 0.25) is 0 Å². The number of ether oxygens (including phenoxy) is 1. The number of hydrogen-bond donors (Lipinski definition) is 1. The highest BCUT2D eigenvalue weighted by atomic mass is 16.5. The van der Waals surface area contributed by atoms with Crippen LogP contribution < -0.4 is 5.73 Å². The van der Waals surface area contributed by atoms with Crippen molar-refractivity contribution in [1.82, 2.24) is 0 Å². The molecule has 0 fully saturated rings. The maximum atomic E-state index is 10.2. The molecule has 0 unspecified atom stereocenters. The molecule has 0 amide bonds. The Bertz CT molecular complexity index is 72.8. The van der Waals surface area contributed by atoms with Crippen LogP contribution in [-0.4, -0.2) is 25.5 Å². The molecule has 0 spiro atoms. The van der Waals surface area contributed by atoms with Crippen LogP contribution >= 0.6 is 0 Å². The number of nitrogens with two attached hydrogens (primary N) is 1. The molecule has 0 radical (unpaired) electrons. The molecule has 0 saturated heterocycles. The molecule has 0 aliphatic heterocycles. The van der Waals surface area contributed by atoms with Crippen molar-refractivity contribution in [1.29, 1.82) is 0 Å². The van der Waals surface area contributed by atoms with E-state index in [0.29, 0.717) is 13.2 Å². The third-order valence-corrected chi connectivity index (χ3v) is 0.568. The van der Waals surface area contributed by atoms with Gasteiger partial charge in [0.05, 0.1) is 6.61 Å². The van der Waals surface area contributed by atoms with Crippen LogP contribution in [0, 0.1) is 0 Å². The van der Waals surface area contributed by atoms with Gasteiger partial charge in [-0.05, 0) is 6.92 Å². The number of carbonyl (C=O) groups excluding carboxylic acids is 1. The molecule has 8 heavy (non-hydrogen) atoms. The summed E-state index contributed by atoms with van der Waals surface area (Å²) in [5, 5.41) is 0. The SMILES string of the molecule is CC(=O)COCCN. The van der Waals surface area contributed by atoms with Gasteiger partial charge in [0, 0.05) is 6.54 Å². The van der Waals surface area contributed by atoms with Crippen LogP contribution in [0.1, 0.15) is 6.92 Å². The zero-order chi connectivity index (χ0) is 6.41. The summed E-state index contributed by atoms with van der Waals surface area (Å²) in [7, 11) is 0. The van der Waals surface area contributed by atoms with Gasteiger partial charge >= 0.3 is 0 Å². The van der Waals surface area contributed by atoms with Gasteiger partial charge < -0.3 is 10.5 Å². The Hall–Kier alpha value is -0.410. The van der Waals surface area contributed by atoms with E-state index >= 15 is 0 Å². The summed E-state index contributed by atoms with van der Waals surface area (Å²) in [5.41, 5.74) is 5.08. The smallest absolute Gasteiger partial charge is 0.155 e. The van der Waals surface area contributed by atoms with Gasteiger partial charge in [-0.3, -0.25) is 4.79 Å². The largest absolute Gasteiger partial charge is 0.372 e. The minimum atomic E-state index is 0.0402. The van der Waals surface area contributed by atoms with Gasteiger partial charge in [-0.15, -0.1) is 0 Å². The second-order valence-electron chi connectivity index (χ2n) is 1.54. The van der Waals surface area contributed by atoms with Crippen LogP contribution in [-0.2, 0) is 9.53 Å². The maximum Gasteiger partial charge on any atom is 0.155 e. The summed E-state index contributed by atoms with van der Waals surface area (Å²) in [6.07, 6.45) is 0. The Morgan fingerprint density at radius 2 is 2.38 bits per heavy atom. The topological polar surface area (TPSA) is 52.3 Å². The molecule has 0 aliphatic carbocycles. The van der Waals surface area contributed by atoms with Crippen LogP contribution in [0.15, 0.2) is 0 Å². The molecule has 3 heteroatoms. The fraction of sp³-hybridized carbons (Fsp3) is 0.800. The molecule has 0 atom stereocenters. The highest BCUT2D eigenvalue weighted by Gasteiger charge is 1.88. The predicted molar refractivity (Wildman–Crippen MR) is 30.6 cm³/mol. The Labute approximate surface area is 48.8 Å². The maximum absolute atomic E-state index is 10.2. The molecule has 0 aliphatic rings. The van der Waals surface area contributed by atoms with E-state index in [4.69, 9.17) is 10.5 Å². The second kappa shape index (κ2) is 4.74. The lowest BCUT2D eigenvalue weighted by molar-refractivity contribution is -0.121. The highest BCUT2D eigenvalue weighted by Crippen LogP contribution is 1.72. The quantitative estimate of drug-likeness (QED) is 0.507. The molecular formula is C5H11NO2. The van der Waals surface area contributed by atoms with E-state index in [0.717, 1.165) is 0 Å². The first-order valence-corrected chi connectivity index (χ1v) is 2.54. The van der Waals surface area contributed by atoms with Crippen molar-refractivity contribution in [2.24, 2.45) is 5.73 Å². The van der Waals surface area contributed by atoms with Gasteiger partial charge in [-0.25, -0.2) is 0 Å². The highest BCUT2D eigenvalue weighted by molar-refractivity contribution is 5.76. The summed E-state index contributed by atoms with van der Waals surface area (Å²) in [6.45, 7) is 2.63. The molecule has 2 N–H and O–H groups in total. The van der Waals surface area contributed by atoms with Crippen LogP contribution in [0.5, 0.6) is 0 Å². The summed E-state index contributed by atoms with van der Waals surface area (Å²) in [4.78, 5) is 10.2. The van der Waals surface area contributed by atoms with E-state index in [1.165, 1.54) is 6.92 Å². The van der Waals surface area contributed by atoms with Crippen molar-refractivity contribution < 1.29 is 9.53 Å². The van der Waals surface area contributed by atoms with Crippen molar-refractivity contribution in [2.45, 2.75) is 6.92 Å². The van der Waals surface area contributed by atoms with Crippen molar-refractivity contribution in [3.63, 3.8) is 0 Å². The van der Waals surface area contributed by atoms with Crippen molar-refractivity contribution in [3.8, 4) is 0 Å². The van der Waals surface area contributed by atoms with E-state index in [-0.39, 0.29) is 12.4 Å². The molecule has 0 bridgehead atoms. The predicted octanol–water partition coefficient (Wildman–Crippen LogP) is -0.449. The van der Waals surface area contributed by atoms with Crippen LogP contribution in [0.2, 0.25) is 0 Å².